The van der Waals surface area contributed by atoms with Crippen LogP contribution in [0.3, 0.4) is 0 Å². The molecular formula is C11H12N2OS. The standard InChI is InChI=1S/C11H12N2OS/c14-10(9-4-2-1-3-5-9)8-13-11-12-6-7-15-11/h1-7,10,14H,8H2,(H,12,13). The van der Waals surface area contributed by atoms with Crippen LogP contribution in [0.25, 0.3) is 0 Å². The number of nitrogens with zero attached hydrogens (tertiary/aromatic N) is 1. The summed E-state index contributed by atoms with van der Waals surface area (Å²) in [5.74, 6) is 0. The Bertz CT molecular complexity index is 388. The Labute approximate surface area is 92.4 Å². The van der Waals surface area contributed by atoms with E-state index in [1.54, 1.807) is 6.20 Å². The van der Waals surface area contributed by atoms with Crippen molar-refractivity contribution in [2.45, 2.75) is 6.10 Å². The second kappa shape index (κ2) is 4.91. The highest BCUT2D eigenvalue weighted by molar-refractivity contribution is 7.13. The van der Waals surface area contributed by atoms with Crippen molar-refractivity contribution >= 4 is 16.5 Å². The minimum atomic E-state index is -0.491. The van der Waals surface area contributed by atoms with E-state index in [0.717, 1.165) is 10.7 Å². The zero-order valence-electron chi connectivity index (χ0n) is 8.13. The first-order valence-corrected chi connectivity index (χ1v) is 5.60. The Hall–Kier alpha value is -1.39. The van der Waals surface area contributed by atoms with E-state index in [0.29, 0.717) is 6.54 Å². The number of hydrogen-bond acceptors (Lipinski definition) is 4. The van der Waals surface area contributed by atoms with E-state index >= 15 is 0 Å². The summed E-state index contributed by atoms with van der Waals surface area (Å²) < 4.78 is 0. The lowest BCUT2D eigenvalue weighted by molar-refractivity contribution is 0.191. The topological polar surface area (TPSA) is 45.1 Å². The van der Waals surface area contributed by atoms with E-state index in [1.165, 1.54) is 11.3 Å². The summed E-state index contributed by atoms with van der Waals surface area (Å²) in [4.78, 5) is 4.08. The highest BCUT2D eigenvalue weighted by Gasteiger charge is 2.06. The van der Waals surface area contributed by atoms with Gasteiger partial charge < -0.3 is 10.4 Å². The van der Waals surface area contributed by atoms with Crippen LogP contribution in [0.2, 0.25) is 0 Å². The van der Waals surface area contributed by atoms with E-state index in [4.69, 9.17) is 0 Å². The third-order valence-electron chi connectivity index (χ3n) is 2.06. The third kappa shape index (κ3) is 2.78. The number of anilines is 1. The Kier molecular flexibility index (Phi) is 3.32. The molecule has 0 bridgehead atoms. The first-order chi connectivity index (χ1) is 7.36. The van der Waals surface area contributed by atoms with Gasteiger partial charge in [0.15, 0.2) is 5.13 Å². The number of thiazole rings is 1. The average molecular weight is 220 g/mol. The van der Waals surface area contributed by atoms with Gasteiger partial charge in [-0.25, -0.2) is 4.98 Å². The molecule has 1 atom stereocenters. The molecule has 2 aromatic rings. The Balaban J connectivity index is 1.90. The fourth-order valence-corrected chi connectivity index (χ4v) is 1.83. The monoisotopic (exact) mass is 220 g/mol. The van der Waals surface area contributed by atoms with Crippen LogP contribution in [0, 0.1) is 0 Å². The van der Waals surface area contributed by atoms with Crippen LogP contribution in [0.5, 0.6) is 0 Å². The summed E-state index contributed by atoms with van der Waals surface area (Å²) in [6.07, 6.45) is 1.25. The average Bonchev–Trinajstić information content (AvgIpc) is 2.80. The number of aliphatic hydroxyl groups is 1. The lowest BCUT2D eigenvalue weighted by Crippen LogP contribution is -2.11. The molecule has 2 N–H and O–H groups in total. The maximum atomic E-state index is 9.83. The van der Waals surface area contributed by atoms with Crippen molar-refractivity contribution in [2.75, 3.05) is 11.9 Å². The van der Waals surface area contributed by atoms with Gasteiger partial charge in [0.2, 0.25) is 0 Å². The Morgan fingerprint density at radius 2 is 2.13 bits per heavy atom. The third-order valence-corrected chi connectivity index (χ3v) is 2.79. The summed E-state index contributed by atoms with van der Waals surface area (Å²) in [7, 11) is 0. The van der Waals surface area contributed by atoms with Crippen LogP contribution >= 0.6 is 11.3 Å². The normalized spacial score (nSPS) is 12.3. The molecule has 1 unspecified atom stereocenters. The molecule has 1 aromatic heterocycles. The lowest BCUT2D eigenvalue weighted by Gasteiger charge is -2.10. The van der Waals surface area contributed by atoms with Gasteiger partial charge in [0.05, 0.1) is 6.10 Å². The molecule has 1 aromatic carbocycles. The molecule has 1 heterocycles. The number of rotatable bonds is 4. The van der Waals surface area contributed by atoms with Gasteiger partial charge in [0, 0.05) is 18.1 Å². The molecule has 0 radical (unpaired) electrons. The maximum absolute atomic E-state index is 9.83. The van der Waals surface area contributed by atoms with Crippen molar-refractivity contribution in [1.29, 1.82) is 0 Å². The van der Waals surface area contributed by atoms with Gasteiger partial charge in [-0.05, 0) is 5.56 Å². The van der Waals surface area contributed by atoms with Gasteiger partial charge >= 0.3 is 0 Å². The maximum Gasteiger partial charge on any atom is 0.182 e. The summed E-state index contributed by atoms with van der Waals surface area (Å²) in [6.45, 7) is 0.484. The first-order valence-electron chi connectivity index (χ1n) is 4.72. The van der Waals surface area contributed by atoms with Gasteiger partial charge in [-0.2, -0.15) is 0 Å². The molecule has 0 amide bonds. The molecule has 78 valence electrons. The second-order valence-corrected chi connectivity index (χ2v) is 4.04. The molecule has 15 heavy (non-hydrogen) atoms. The molecule has 2 rings (SSSR count). The first kappa shape index (κ1) is 10.1. The summed E-state index contributed by atoms with van der Waals surface area (Å²) in [5, 5.41) is 15.7. The van der Waals surface area contributed by atoms with Crippen molar-refractivity contribution in [3.05, 3.63) is 47.5 Å². The number of aliphatic hydroxyl groups excluding tert-OH is 1. The van der Waals surface area contributed by atoms with Crippen molar-refractivity contribution in [3.63, 3.8) is 0 Å². The van der Waals surface area contributed by atoms with Crippen LogP contribution in [0.4, 0.5) is 5.13 Å². The Morgan fingerprint density at radius 1 is 1.33 bits per heavy atom. The molecule has 0 saturated carbocycles. The summed E-state index contributed by atoms with van der Waals surface area (Å²) in [5.41, 5.74) is 0.918. The summed E-state index contributed by atoms with van der Waals surface area (Å²) in [6, 6.07) is 9.59. The molecule has 0 fully saturated rings. The number of nitrogens with one attached hydrogen (secondary N) is 1. The molecule has 4 heteroatoms. The van der Waals surface area contributed by atoms with Crippen molar-refractivity contribution in [2.24, 2.45) is 0 Å². The molecule has 0 aliphatic heterocycles. The van der Waals surface area contributed by atoms with Crippen LogP contribution in [0.1, 0.15) is 11.7 Å². The van der Waals surface area contributed by atoms with Crippen LogP contribution in [0.15, 0.2) is 41.9 Å². The van der Waals surface area contributed by atoms with E-state index in [2.05, 4.69) is 10.3 Å². The molecular weight excluding hydrogens is 208 g/mol. The van der Waals surface area contributed by atoms with Crippen molar-refractivity contribution in [3.8, 4) is 0 Å². The van der Waals surface area contributed by atoms with Crippen molar-refractivity contribution < 1.29 is 5.11 Å². The quantitative estimate of drug-likeness (QED) is 0.831. The zero-order chi connectivity index (χ0) is 10.5. The van der Waals surface area contributed by atoms with Gasteiger partial charge in [0.25, 0.3) is 0 Å². The number of benzene rings is 1. The second-order valence-electron chi connectivity index (χ2n) is 3.14. The SMILES string of the molecule is OC(CNc1nccs1)c1ccccc1. The minimum absolute atomic E-state index is 0.484. The zero-order valence-corrected chi connectivity index (χ0v) is 8.95. The highest BCUT2D eigenvalue weighted by atomic mass is 32.1. The van der Waals surface area contributed by atoms with E-state index < -0.39 is 6.10 Å². The number of hydrogen-bond donors (Lipinski definition) is 2. The van der Waals surface area contributed by atoms with E-state index in [9.17, 15) is 5.11 Å². The molecule has 0 aliphatic rings. The van der Waals surface area contributed by atoms with Gasteiger partial charge in [0.1, 0.15) is 0 Å². The van der Waals surface area contributed by atoms with Gasteiger partial charge in [-0.1, -0.05) is 30.3 Å². The fourth-order valence-electron chi connectivity index (χ4n) is 1.29. The molecule has 0 aliphatic carbocycles. The fraction of sp³-hybridized carbons (Fsp3) is 0.182. The van der Waals surface area contributed by atoms with Gasteiger partial charge in [-0.15, -0.1) is 11.3 Å². The van der Waals surface area contributed by atoms with E-state index in [1.807, 2.05) is 35.7 Å². The largest absolute Gasteiger partial charge is 0.387 e. The predicted molar refractivity (Wildman–Crippen MR) is 62.0 cm³/mol. The summed E-state index contributed by atoms with van der Waals surface area (Å²) >= 11 is 1.53. The van der Waals surface area contributed by atoms with E-state index in [-0.39, 0.29) is 0 Å². The molecule has 3 nitrogen and oxygen atoms in total. The number of aromatic nitrogens is 1. The van der Waals surface area contributed by atoms with Crippen molar-refractivity contribution in [1.82, 2.24) is 4.98 Å². The minimum Gasteiger partial charge on any atom is -0.387 e. The van der Waals surface area contributed by atoms with Gasteiger partial charge in [-0.3, -0.25) is 0 Å². The lowest BCUT2D eigenvalue weighted by atomic mass is 10.1. The van der Waals surface area contributed by atoms with Crippen LogP contribution < -0.4 is 5.32 Å². The predicted octanol–water partition coefficient (Wildman–Crippen LogP) is 2.29. The molecule has 0 saturated heterocycles. The van der Waals surface area contributed by atoms with Crippen LogP contribution in [-0.4, -0.2) is 16.6 Å². The Morgan fingerprint density at radius 3 is 2.80 bits per heavy atom. The van der Waals surface area contributed by atoms with Crippen LogP contribution in [-0.2, 0) is 0 Å². The smallest absolute Gasteiger partial charge is 0.182 e. The molecule has 0 spiro atoms. The highest BCUT2D eigenvalue weighted by Crippen LogP contribution is 2.15.